The minimum atomic E-state index is 0.240. The lowest BCUT2D eigenvalue weighted by Crippen LogP contribution is -2.07. The quantitative estimate of drug-likeness (QED) is 0.805. The topological polar surface area (TPSA) is 61.7 Å². The van der Waals surface area contributed by atoms with Crippen molar-refractivity contribution in [3.63, 3.8) is 0 Å². The summed E-state index contributed by atoms with van der Waals surface area (Å²) in [5, 5.41) is 0.710. The fraction of sp³-hybridized carbons (Fsp3) is 0.333. The number of benzene rings is 1. The number of para-hydroxylation sites is 1. The minimum absolute atomic E-state index is 0.240. The Bertz CT molecular complexity index is 772. The molecule has 0 saturated carbocycles. The van der Waals surface area contributed by atoms with Crippen molar-refractivity contribution in [2.75, 3.05) is 6.54 Å². The molecule has 5 nitrogen and oxygen atoms in total. The van der Waals surface area contributed by atoms with Gasteiger partial charge in [0.15, 0.2) is 5.82 Å². The van der Waals surface area contributed by atoms with Crippen molar-refractivity contribution in [1.29, 1.82) is 0 Å². The van der Waals surface area contributed by atoms with Gasteiger partial charge in [-0.05, 0) is 26.0 Å². The predicted molar refractivity (Wildman–Crippen MR) is 85.4 cm³/mol. The van der Waals surface area contributed by atoms with Gasteiger partial charge in [0, 0.05) is 25.3 Å². The molecule has 0 radical (unpaired) electrons. The summed E-state index contributed by atoms with van der Waals surface area (Å²) in [6, 6.07) is 6.02. The molecule has 0 aliphatic heterocycles. The number of imidazole rings is 2. The van der Waals surface area contributed by atoms with E-state index in [0.29, 0.717) is 11.6 Å². The molecule has 0 aliphatic carbocycles. The third-order valence-electron chi connectivity index (χ3n) is 3.43. The van der Waals surface area contributed by atoms with Crippen molar-refractivity contribution in [2.24, 2.45) is 5.73 Å². The molecule has 0 spiro atoms. The molecule has 0 bridgehead atoms. The molecule has 3 rings (SSSR count). The lowest BCUT2D eigenvalue weighted by atomic mass is 10.3. The van der Waals surface area contributed by atoms with E-state index in [1.807, 2.05) is 29.0 Å². The molecule has 1 aromatic carbocycles. The zero-order chi connectivity index (χ0) is 15.0. The van der Waals surface area contributed by atoms with Gasteiger partial charge >= 0.3 is 0 Å². The first-order valence-electron chi connectivity index (χ1n) is 7.00. The number of hydrogen-bond acceptors (Lipinski definition) is 3. The Labute approximate surface area is 128 Å². The van der Waals surface area contributed by atoms with E-state index in [9.17, 15) is 0 Å². The summed E-state index contributed by atoms with van der Waals surface area (Å²) < 4.78 is 4.10. The van der Waals surface area contributed by atoms with Crippen LogP contribution in [-0.2, 0) is 6.54 Å². The van der Waals surface area contributed by atoms with Crippen LogP contribution >= 0.6 is 11.6 Å². The lowest BCUT2D eigenvalue weighted by Gasteiger charge is -2.12. The van der Waals surface area contributed by atoms with Crippen molar-refractivity contribution in [3.8, 4) is 11.5 Å². The second-order valence-corrected chi connectivity index (χ2v) is 5.70. The van der Waals surface area contributed by atoms with Gasteiger partial charge in [0.1, 0.15) is 5.69 Å². The van der Waals surface area contributed by atoms with Gasteiger partial charge in [-0.15, -0.1) is 0 Å². The summed E-state index contributed by atoms with van der Waals surface area (Å²) in [5.41, 5.74) is 8.26. The summed E-state index contributed by atoms with van der Waals surface area (Å²) in [4.78, 5) is 9.16. The number of halogens is 1. The lowest BCUT2D eigenvalue weighted by molar-refractivity contribution is 0.623. The van der Waals surface area contributed by atoms with Gasteiger partial charge in [-0.1, -0.05) is 17.7 Å². The van der Waals surface area contributed by atoms with Crippen LogP contribution in [0.3, 0.4) is 0 Å². The van der Waals surface area contributed by atoms with Crippen LogP contribution in [0.15, 0.2) is 30.7 Å². The van der Waals surface area contributed by atoms with Crippen molar-refractivity contribution in [1.82, 2.24) is 19.1 Å². The summed E-state index contributed by atoms with van der Waals surface area (Å²) in [5.74, 6) is 0.837. The molecule has 0 fully saturated rings. The first-order chi connectivity index (χ1) is 10.1. The molecule has 0 unspecified atom stereocenters. The van der Waals surface area contributed by atoms with Crippen LogP contribution in [0.25, 0.3) is 22.6 Å². The summed E-state index contributed by atoms with van der Waals surface area (Å²) in [7, 11) is 0. The zero-order valence-corrected chi connectivity index (χ0v) is 12.9. The Morgan fingerprint density at radius 1 is 1.33 bits per heavy atom. The molecule has 0 atom stereocenters. The fourth-order valence-corrected chi connectivity index (χ4v) is 2.80. The molecule has 21 heavy (non-hydrogen) atoms. The van der Waals surface area contributed by atoms with E-state index in [1.54, 1.807) is 6.33 Å². The Balaban J connectivity index is 2.21. The highest BCUT2D eigenvalue weighted by atomic mass is 35.5. The van der Waals surface area contributed by atoms with Crippen LogP contribution < -0.4 is 5.73 Å². The van der Waals surface area contributed by atoms with Crippen LogP contribution in [0, 0.1) is 0 Å². The van der Waals surface area contributed by atoms with Gasteiger partial charge in [0.2, 0.25) is 0 Å². The molecular formula is C15H18ClN5. The molecule has 3 aromatic rings. The van der Waals surface area contributed by atoms with E-state index in [0.717, 1.165) is 29.1 Å². The number of nitrogens with zero attached hydrogens (tertiary/aromatic N) is 4. The summed E-state index contributed by atoms with van der Waals surface area (Å²) in [6.07, 6.45) is 3.76. The number of fused-ring (bicyclic) bond motifs is 1. The van der Waals surface area contributed by atoms with E-state index in [1.165, 1.54) is 0 Å². The number of aromatic nitrogens is 4. The average molecular weight is 304 g/mol. The van der Waals surface area contributed by atoms with Crippen LogP contribution in [0.4, 0.5) is 0 Å². The second kappa shape index (κ2) is 5.50. The molecular weight excluding hydrogens is 286 g/mol. The Morgan fingerprint density at radius 2 is 2.14 bits per heavy atom. The monoisotopic (exact) mass is 303 g/mol. The van der Waals surface area contributed by atoms with Crippen molar-refractivity contribution in [3.05, 3.63) is 35.7 Å². The van der Waals surface area contributed by atoms with Crippen LogP contribution in [0.5, 0.6) is 0 Å². The smallest absolute Gasteiger partial charge is 0.161 e. The van der Waals surface area contributed by atoms with E-state index in [2.05, 4.69) is 23.4 Å². The SMILES string of the molecule is CC(C)n1c(-c2cn(CCN)cn2)nc2cccc(Cl)c21. The third-order valence-corrected chi connectivity index (χ3v) is 3.73. The van der Waals surface area contributed by atoms with Crippen LogP contribution in [-0.4, -0.2) is 25.6 Å². The normalized spacial score (nSPS) is 11.7. The standard InChI is InChI=1S/C15H18ClN5/c1-10(2)21-14-11(16)4-3-5-12(14)19-15(21)13-8-20(7-6-17)9-18-13/h3-5,8-10H,6-7,17H2,1-2H3. The fourth-order valence-electron chi connectivity index (χ4n) is 2.54. The van der Waals surface area contributed by atoms with Gasteiger partial charge in [-0.25, -0.2) is 9.97 Å². The molecule has 0 amide bonds. The Hall–Kier alpha value is -1.85. The zero-order valence-electron chi connectivity index (χ0n) is 12.1. The highest BCUT2D eigenvalue weighted by Crippen LogP contribution is 2.31. The van der Waals surface area contributed by atoms with E-state index in [4.69, 9.17) is 22.3 Å². The molecule has 2 heterocycles. The number of rotatable bonds is 4. The molecule has 2 aromatic heterocycles. The molecule has 0 saturated heterocycles. The van der Waals surface area contributed by atoms with Gasteiger partial charge in [-0.3, -0.25) is 0 Å². The molecule has 6 heteroatoms. The maximum absolute atomic E-state index is 6.36. The van der Waals surface area contributed by atoms with Crippen molar-refractivity contribution >= 4 is 22.6 Å². The number of hydrogen-bond donors (Lipinski definition) is 1. The van der Waals surface area contributed by atoms with E-state index >= 15 is 0 Å². The average Bonchev–Trinajstić information content (AvgIpc) is 3.03. The first kappa shape index (κ1) is 14.1. The maximum atomic E-state index is 6.36. The predicted octanol–water partition coefficient (Wildman–Crippen LogP) is 3.09. The largest absolute Gasteiger partial charge is 0.335 e. The summed E-state index contributed by atoms with van der Waals surface area (Å²) in [6.45, 7) is 5.56. The number of nitrogens with two attached hydrogens (primary N) is 1. The van der Waals surface area contributed by atoms with E-state index < -0.39 is 0 Å². The van der Waals surface area contributed by atoms with Gasteiger partial charge < -0.3 is 14.9 Å². The Kier molecular flexibility index (Phi) is 3.69. The highest BCUT2D eigenvalue weighted by Gasteiger charge is 2.18. The molecule has 110 valence electrons. The maximum Gasteiger partial charge on any atom is 0.161 e. The Morgan fingerprint density at radius 3 is 2.86 bits per heavy atom. The molecule has 2 N–H and O–H groups in total. The molecule has 0 aliphatic rings. The van der Waals surface area contributed by atoms with Crippen LogP contribution in [0.2, 0.25) is 5.02 Å². The van der Waals surface area contributed by atoms with Crippen molar-refractivity contribution < 1.29 is 0 Å². The van der Waals surface area contributed by atoms with Crippen LogP contribution in [0.1, 0.15) is 19.9 Å². The first-order valence-corrected chi connectivity index (χ1v) is 7.38. The summed E-state index contributed by atoms with van der Waals surface area (Å²) >= 11 is 6.36. The van der Waals surface area contributed by atoms with E-state index in [-0.39, 0.29) is 6.04 Å². The van der Waals surface area contributed by atoms with Gasteiger partial charge in [0.05, 0.1) is 22.4 Å². The van der Waals surface area contributed by atoms with Gasteiger partial charge in [0.25, 0.3) is 0 Å². The highest BCUT2D eigenvalue weighted by molar-refractivity contribution is 6.35. The third kappa shape index (κ3) is 2.43. The van der Waals surface area contributed by atoms with Crippen molar-refractivity contribution in [2.45, 2.75) is 26.4 Å². The van der Waals surface area contributed by atoms with Gasteiger partial charge in [-0.2, -0.15) is 0 Å². The second-order valence-electron chi connectivity index (χ2n) is 5.29. The minimum Gasteiger partial charge on any atom is -0.335 e.